The minimum atomic E-state index is 0.0921. The van der Waals surface area contributed by atoms with Crippen LogP contribution in [0.1, 0.15) is 38.5 Å². The molecule has 6 heteroatoms. The molecule has 0 unspecified atom stereocenters. The largest absolute Gasteiger partial charge is 0.355 e. The Kier molecular flexibility index (Phi) is 5.67. The molecule has 0 aliphatic carbocycles. The van der Waals surface area contributed by atoms with Crippen molar-refractivity contribution in [2.75, 3.05) is 31.1 Å². The fourth-order valence-corrected chi connectivity index (χ4v) is 3.51. The predicted molar refractivity (Wildman–Crippen MR) is 92.7 cm³/mol. The third-order valence-electron chi connectivity index (χ3n) is 4.76. The highest BCUT2D eigenvalue weighted by Crippen LogP contribution is 2.17. The number of piperidine rings is 1. The second-order valence-corrected chi connectivity index (χ2v) is 6.63. The zero-order valence-corrected chi connectivity index (χ0v) is 14.1. The summed E-state index contributed by atoms with van der Waals surface area (Å²) in [5, 5.41) is 3.14. The lowest BCUT2D eigenvalue weighted by molar-refractivity contribution is -0.128. The van der Waals surface area contributed by atoms with Gasteiger partial charge in [0.1, 0.15) is 5.82 Å². The normalized spacial score (nSPS) is 21.2. The number of hydrogen-bond donors (Lipinski definition) is 1. The fourth-order valence-electron chi connectivity index (χ4n) is 3.51. The third kappa shape index (κ3) is 4.46. The lowest BCUT2D eigenvalue weighted by Gasteiger charge is -2.34. The summed E-state index contributed by atoms with van der Waals surface area (Å²) in [6.07, 6.45) is 6.73. The van der Waals surface area contributed by atoms with Crippen LogP contribution in [0.15, 0.2) is 24.4 Å². The highest BCUT2D eigenvalue weighted by molar-refractivity contribution is 5.78. The zero-order valence-electron chi connectivity index (χ0n) is 14.1. The van der Waals surface area contributed by atoms with Gasteiger partial charge in [-0.2, -0.15) is 0 Å². The van der Waals surface area contributed by atoms with Crippen LogP contribution in [0.5, 0.6) is 0 Å². The molecule has 2 saturated heterocycles. The SMILES string of the molecule is O=C(CCCN1CCCC1=O)N[C@@H]1CCCN(c2ccccn2)C1. The summed E-state index contributed by atoms with van der Waals surface area (Å²) in [5.74, 6) is 1.30. The molecule has 3 rings (SSSR count). The molecule has 0 saturated carbocycles. The van der Waals surface area contributed by atoms with Gasteiger partial charge in [-0.1, -0.05) is 6.07 Å². The first-order chi connectivity index (χ1) is 11.7. The fraction of sp³-hybridized carbons (Fsp3) is 0.611. The smallest absolute Gasteiger partial charge is 0.222 e. The van der Waals surface area contributed by atoms with E-state index in [-0.39, 0.29) is 17.9 Å². The Morgan fingerprint density at radius 3 is 2.96 bits per heavy atom. The second-order valence-electron chi connectivity index (χ2n) is 6.63. The number of nitrogens with one attached hydrogen (secondary N) is 1. The summed E-state index contributed by atoms with van der Waals surface area (Å²) < 4.78 is 0. The monoisotopic (exact) mass is 330 g/mol. The summed E-state index contributed by atoms with van der Waals surface area (Å²) in [5.41, 5.74) is 0. The molecule has 6 nitrogen and oxygen atoms in total. The van der Waals surface area contributed by atoms with Gasteiger partial charge in [0.25, 0.3) is 0 Å². The Hall–Kier alpha value is -2.11. The number of anilines is 1. The molecule has 2 amide bonds. The van der Waals surface area contributed by atoms with Gasteiger partial charge in [-0.15, -0.1) is 0 Å². The molecule has 2 aliphatic rings. The van der Waals surface area contributed by atoms with E-state index in [2.05, 4.69) is 15.2 Å². The number of nitrogens with zero attached hydrogens (tertiary/aromatic N) is 3. The molecular formula is C18H26N4O2. The van der Waals surface area contributed by atoms with E-state index in [9.17, 15) is 9.59 Å². The summed E-state index contributed by atoms with van der Waals surface area (Å²) in [7, 11) is 0. The molecule has 24 heavy (non-hydrogen) atoms. The van der Waals surface area contributed by atoms with E-state index >= 15 is 0 Å². The van der Waals surface area contributed by atoms with Crippen molar-refractivity contribution in [3.63, 3.8) is 0 Å². The van der Waals surface area contributed by atoms with E-state index < -0.39 is 0 Å². The average Bonchev–Trinajstić information content (AvgIpc) is 3.01. The lowest BCUT2D eigenvalue weighted by atomic mass is 10.1. The third-order valence-corrected chi connectivity index (χ3v) is 4.76. The Morgan fingerprint density at radius 2 is 2.21 bits per heavy atom. The van der Waals surface area contributed by atoms with Crippen molar-refractivity contribution in [2.24, 2.45) is 0 Å². The van der Waals surface area contributed by atoms with E-state index in [1.165, 1.54) is 0 Å². The van der Waals surface area contributed by atoms with Gasteiger partial charge in [-0.25, -0.2) is 4.98 Å². The summed E-state index contributed by atoms with van der Waals surface area (Å²) >= 11 is 0. The maximum absolute atomic E-state index is 12.2. The summed E-state index contributed by atoms with van der Waals surface area (Å²) in [4.78, 5) is 32.2. The number of pyridine rings is 1. The minimum Gasteiger partial charge on any atom is -0.355 e. The van der Waals surface area contributed by atoms with Crippen molar-refractivity contribution < 1.29 is 9.59 Å². The van der Waals surface area contributed by atoms with Gasteiger partial charge in [0, 0.05) is 51.3 Å². The maximum Gasteiger partial charge on any atom is 0.222 e. The number of carbonyl (C=O) groups excluding carboxylic acids is 2. The maximum atomic E-state index is 12.2. The van der Waals surface area contributed by atoms with E-state index in [0.717, 1.165) is 51.1 Å². The topological polar surface area (TPSA) is 65.5 Å². The molecule has 0 spiro atoms. The highest BCUT2D eigenvalue weighted by atomic mass is 16.2. The van der Waals surface area contributed by atoms with Crippen LogP contribution in [0.25, 0.3) is 0 Å². The van der Waals surface area contributed by atoms with Gasteiger partial charge >= 0.3 is 0 Å². The molecule has 130 valence electrons. The number of rotatable bonds is 6. The van der Waals surface area contributed by atoms with Crippen molar-refractivity contribution in [3.8, 4) is 0 Å². The molecular weight excluding hydrogens is 304 g/mol. The standard InChI is InChI=1S/C18H26N4O2/c23-17(8-4-11-21-12-5-9-18(21)24)20-15-6-3-13-22(14-15)16-7-1-2-10-19-16/h1-2,7,10,15H,3-6,8-9,11-14H2,(H,20,23)/t15-/m1/s1. The molecule has 2 fully saturated rings. The number of carbonyl (C=O) groups is 2. The molecule has 3 heterocycles. The van der Waals surface area contributed by atoms with Crippen LogP contribution in [0.3, 0.4) is 0 Å². The van der Waals surface area contributed by atoms with Crippen LogP contribution in [-0.4, -0.2) is 53.9 Å². The van der Waals surface area contributed by atoms with Crippen molar-refractivity contribution in [1.82, 2.24) is 15.2 Å². The van der Waals surface area contributed by atoms with Gasteiger partial charge in [0.05, 0.1) is 0 Å². The molecule has 1 atom stereocenters. The van der Waals surface area contributed by atoms with Gasteiger partial charge in [-0.05, 0) is 37.8 Å². The van der Waals surface area contributed by atoms with Crippen LogP contribution in [0, 0.1) is 0 Å². The van der Waals surface area contributed by atoms with E-state index in [0.29, 0.717) is 19.4 Å². The van der Waals surface area contributed by atoms with Crippen molar-refractivity contribution >= 4 is 17.6 Å². The van der Waals surface area contributed by atoms with Crippen LogP contribution >= 0.6 is 0 Å². The molecule has 2 aliphatic heterocycles. The zero-order chi connectivity index (χ0) is 16.8. The lowest BCUT2D eigenvalue weighted by Crippen LogP contribution is -2.48. The minimum absolute atomic E-state index is 0.0921. The van der Waals surface area contributed by atoms with Crippen LogP contribution < -0.4 is 10.2 Å². The van der Waals surface area contributed by atoms with Gasteiger partial charge in [-0.3, -0.25) is 9.59 Å². The van der Waals surface area contributed by atoms with E-state index in [1.807, 2.05) is 23.1 Å². The Balaban J connectivity index is 1.40. The highest BCUT2D eigenvalue weighted by Gasteiger charge is 2.23. The first-order valence-corrected chi connectivity index (χ1v) is 8.95. The van der Waals surface area contributed by atoms with Crippen LogP contribution in [0.2, 0.25) is 0 Å². The van der Waals surface area contributed by atoms with Crippen molar-refractivity contribution in [1.29, 1.82) is 0 Å². The molecule has 1 aromatic rings. The second kappa shape index (κ2) is 8.13. The Bertz CT molecular complexity index is 563. The van der Waals surface area contributed by atoms with E-state index in [1.54, 1.807) is 6.20 Å². The van der Waals surface area contributed by atoms with Crippen molar-refractivity contribution in [3.05, 3.63) is 24.4 Å². The molecule has 0 aromatic carbocycles. The molecule has 0 radical (unpaired) electrons. The van der Waals surface area contributed by atoms with Gasteiger partial charge in [0.15, 0.2) is 0 Å². The Morgan fingerprint density at radius 1 is 1.29 bits per heavy atom. The molecule has 1 aromatic heterocycles. The first-order valence-electron chi connectivity index (χ1n) is 8.95. The summed E-state index contributed by atoms with van der Waals surface area (Å²) in [6, 6.07) is 6.10. The number of amides is 2. The molecule has 0 bridgehead atoms. The Labute approximate surface area is 143 Å². The molecule has 1 N–H and O–H groups in total. The quantitative estimate of drug-likeness (QED) is 0.860. The average molecular weight is 330 g/mol. The predicted octanol–water partition coefficient (Wildman–Crippen LogP) is 1.57. The van der Waals surface area contributed by atoms with Crippen molar-refractivity contribution in [2.45, 2.75) is 44.6 Å². The number of likely N-dealkylation sites (tertiary alicyclic amines) is 1. The van der Waals surface area contributed by atoms with Gasteiger partial charge < -0.3 is 15.1 Å². The van der Waals surface area contributed by atoms with Gasteiger partial charge in [0.2, 0.25) is 11.8 Å². The summed E-state index contributed by atoms with van der Waals surface area (Å²) in [6.45, 7) is 3.35. The number of hydrogen-bond acceptors (Lipinski definition) is 4. The van der Waals surface area contributed by atoms with Crippen LogP contribution in [-0.2, 0) is 9.59 Å². The number of aromatic nitrogens is 1. The first kappa shape index (κ1) is 16.7. The van der Waals surface area contributed by atoms with E-state index in [4.69, 9.17) is 0 Å². The van der Waals surface area contributed by atoms with Crippen LogP contribution in [0.4, 0.5) is 5.82 Å².